The zero-order chi connectivity index (χ0) is 37.0. The molecule has 0 radical (unpaired) electrons. The third kappa shape index (κ3) is 13.4. The minimum atomic E-state index is -0.559. The zero-order valence-electron chi connectivity index (χ0n) is 29.2. The van der Waals surface area contributed by atoms with E-state index >= 15 is 0 Å². The van der Waals surface area contributed by atoms with Crippen LogP contribution in [0.2, 0.25) is 0 Å². The first-order valence-electron chi connectivity index (χ1n) is 15.9. The van der Waals surface area contributed by atoms with Crippen LogP contribution in [0, 0.1) is 0 Å². The van der Waals surface area contributed by atoms with E-state index in [1.807, 2.05) is 54.6 Å². The average Bonchev–Trinajstić information content (AvgIpc) is 3.14. The molecule has 0 aliphatic heterocycles. The highest BCUT2D eigenvalue weighted by Crippen LogP contribution is 2.35. The number of ether oxygens (including phenoxy) is 9. The van der Waals surface area contributed by atoms with E-state index in [1.54, 1.807) is 12.1 Å². The topological polar surface area (TPSA) is 134 Å². The maximum Gasteiger partial charge on any atom is 0.335 e. The Hall–Kier alpha value is -5.43. The van der Waals surface area contributed by atoms with Gasteiger partial charge in [0.25, 0.3) is 0 Å². The van der Waals surface area contributed by atoms with Gasteiger partial charge in [0.1, 0.15) is 56.9 Å². The lowest BCUT2D eigenvalue weighted by molar-refractivity contribution is -0.141. The number of carbonyl (C=O) groups is 3. The Morgan fingerprint density at radius 3 is 1.25 bits per heavy atom. The molecule has 0 bridgehead atoms. The fraction of sp³-hybridized carbons (Fsp3) is 0.308. The van der Waals surface area contributed by atoms with Crippen LogP contribution >= 0.6 is 0 Å². The van der Waals surface area contributed by atoms with Crippen molar-refractivity contribution in [3.05, 3.63) is 103 Å². The highest BCUT2D eigenvalue weighted by molar-refractivity contribution is 5.88. The number of hydrogen-bond donors (Lipinski definition) is 0. The van der Waals surface area contributed by atoms with Gasteiger partial charge in [-0.3, -0.25) is 0 Å². The zero-order valence-corrected chi connectivity index (χ0v) is 29.2. The molecule has 0 aliphatic rings. The van der Waals surface area contributed by atoms with Gasteiger partial charge in [0.15, 0.2) is 0 Å². The summed E-state index contributed by atoms with van der Waals surface area (Å²) in [4.78, 5) is 35.8. The van der Waals surface area contributed by atoms with E-state index in [4.69, 9.17) is 42.6 Å². The molecule has 0 saturated carbocycles. The largest absolute Gasteiger partial charge is 0.490 e. The van der Waals surface area contributed by atoms with Gasteiger partial charge in [-0.2, -0.15) is 0 Å². The molecule has 3 aromatic carbocycles. The third-order valence-electron chi connectivity index (χ3n) is 6.90. The number of methoxy groups -OCH3 is 3. The van der Waals surface area contributed by atoms with Gasteiger partial charge in [-0.1, -0.05) is 56.1 Å². The van der Waals surface area contributed by atoms with Crippen molar-refractivity contribution in [1.82, 2.24) is 0 Å². The lowest BCUT2D eigenvalue weighted by Crippen LogP contribution is -2.15. The van der Waals surface area contributed by atoms with E-state index in [2.05, 4.69) is 19.7 Å². The predicted molar refractivity (Wildman–Crippen MR) is 190 cm³/mol. The summed E-state index contributed by atoms with van der Waals surface area (Å²) < 4.78 is 47.8. The first-order chi connectivity index (χ1) is 24.7. The highest BCUT2D eigenvalue weighted by Gasteiger charge is 2.13. The number of esters is 3. The summed E-state index contributed by atoms with van der Waals surface area (Å²) in [5.41, 5.74) is 4.09. The van der Waals surface area contributed by atoms with E-state index < -0.39 is 17.9 Å². The lowest BCUT2D eigenvalue weighted by atomic mass is 9.99. The van der Waals surface area contributed by atoms with Crippen molar-refractivity contribution in [3.8, 4) is 39.5 Å². The highest BCUT2D eigenvalue weighted by atomic mass is 16.6. The van der Waals surface area contributed by atoms with Gasteiger partial charge >= 0.3 is 17.9 Å². The van der Waals surface area contributed by atoms with Gasteiger partial charge in [0.05, 0.1) is 36.5 Å². The van der Waals surface area contributed by atoms with Gasteiger partial charge in [0, 0.05) is 26.9 Å². The Balaban J connectivity index is 1.68. The molecule has 0 fully saturated rings. The van der Waals surface area contributed by atoms with Crippen LogP contribution in [0.4, 0.5) is 0 Å². The molecule has 12 nitrogen and oxygen atoms in total. The van der Waals surface area contributed by atoms with E-state index in [1.165, 1.54) is 21.3 Å². The smallest absolute Gasteiger partial charge is 0.335 e. The Morgan fingerprint density at radius 2 is 0.843 bits per heavy atom. The van der Waals surface area contributed by atoms with E-state index in [0.29, 0.717) is 17.2 Å². The number of rotatable bonds is 23. The van der Waals surface area contributed by atoms with Gasteiger partial charge in [-0.15, -0.1) is 0 Å². The van der Waals surface area contributed by atoms with Crippen LogP contribution in [0.5, 0.6) is 17.2 Å². The third-order valence-corrected chi connectivity index (χ3v) is 6.90. The van der Waals surface area contributed by atoms with E-state index in [0.717, 1.165) is 22.3 Å². The second-order valence-corrected chi connectivity index (χ2v) is 10.8. The van der Waals surface area contributed by atoms with Gasteiger partial charge in [0.2, 0.25) is 0 Å². The second-order valence-electron chi connectivity index (χ2n) is 10.8. The molecule has 3 rings (SSSR count). The van der Waals surface area contributed by atoms with Crippen LogP contribution in [-0.2, 0) is 42.8 Å². The number of carbonyl (C=O) groups excluding carboxylic acids is 3. The monoisotopic (exact) mass is 704 g/mol. The van der Waals surface area contributed by atoms with Crippen LogP contribution in [0.25, 0.3) is 22.3 Å². The van der Waals surface area contributed by atoms with Crippen LogP contribution < -0.4 is 14.2 Å². The first kappa shape index (κ1) is 40.0. The minimum Gasteiger partial charge on any atom is -0.490 e. The van der Waals surface area contributed by atoms with Crippen LogP contribution in [0.3, 0.4) is 0 Å². The molecular weight excluding hydrogens is 660 g/mol. The Labute approximate surface area is 298 Å². The van der Waals surface area contributed by atoms with Crippen molar-refractivity contribution in [1.29, 1.82) is 0 Å². The number of benzene rings is 3. The predicted octanol–water partition coefficient (Wildman–Crippen LogP) is 5.39. The average molecular weight is 705 g/mol. The molecule has 272 valence electrons. The SMILES string of the molecule is C=C(COC)C(=O)OCCOc1ccc(-c2ccc(-c3ccc(OCCOC(=O)C(=C)COC)cc3)c(OCCOC(=O)C(=C)COC)c2)cc1. The molecule has 0 saturated heterocycles. The molecule has 0 aromatic heterocycles. The van der Waals surface area contributed by atoms with Crippen molar-refractivity contribution in [3.63, 3.8) is 0 Å². The quantitative estimate of drug-likeness (QED) is 0.0542. The summed E-state index contributed by atoms with van der Waals surface area (Å²) in [5.74, 6) is 0.131. The van der Waals surface area contributed by atoms with Crippen molar-refractivity contribution < 1.29 is 57.0 Å². The summed E-state index contributed by atoms with van der Waals surface area (Å²) in [6.45, 7) is 11.7. The maximum atomic E-state index is 12.1. The summed E-state index contributed by atoms with van der Waals surface area (Å²) in [5, 5.41) is 0. The summed E-state index contributed by atoms with van der Waals surface area (Å²) in [6, 6.07) is 20.6. The molecule has 51 heavy (non-hydrogen) atoms. The van der Waals surface area contributed by atoms with Crippen molar-refractivity contribution in [2.45, 2.75) is 0 Å². The van der Waals surface area contributed by atoms with E-state index in [9.17, 15) is 14.4 Å². The van der Waals surface area contributed by atoms with Crippen LogP contribution in [0.1, 0.15) is 0 Å². The Bertz CT molecular complexity index is 1630. The molecule has 3 aromatic rings. The fourth-order valence-electron chi connectivity index (χ4n) is 4.41. The lowest BCUT2D eigenvalue weighted by Gasteiger charge is -2.15. The molecule has 0 spiro atoms. The fourth-order valence-corrected chi connectivity index (χ4v) is 4.41. The molecule has 12 heteroatoms. The molecule has 0 aliphatic carbocycles. The molecular formula is C39H44O12. The summed E-state index contributed by atoms with van der Waals surface area (Å²) in [6.07, 6.45) is 0. The molecule has 0 unspecified atom stereocenters. The van der Waals surface area contributed by atoms with Crippen molar-refractivity contribution in [2.75, 3.05) is 80.8 Å². The minimum absolute atomic E-state index is 0.00322. The van der Waals surface area contributed by atoms with Crippen LogP contribution in [-0.4, -0.2) is 98.7 Å². The van der Waals surface area contributed by atoms with Gasteiger partial charge < -0.3 is 42.6 Å². The standard InChI is InChI=1S/C39H44O12/c1-27(24-43-4)37(40)49-20-17-46-33-12-7-30(8-13-33)32-11-16-35(36(23-32)48-19-22-51-39(42)29(3)26-45-6)31-9-14-34(15-10-31)47-18-21-50-38(41)28(2)25-44-5/h7-16,23H,1-3,17-22,24-26H2,4-6H3. The molecule has 0 amide bonds. The normalized spacial score (nSPS) is 10.5. The Kier molecular flexibility index (Phi) is 17.0. The maximum absolute atomic E-state index is 12.1. The van der Waals surface area contributed by atoms with Crippen molar-refractivity contribution in [2.24, 2.45) is 0 Å². The van der Waals surface area contributed by atoms with Crippen LogP contribution in [0.15, 0.2) is 103 Å². The summed E-state index contributed by atoms with van der Waals surface area (Å²) >= 11 is 0. The molecule has 0 atom stereocenters. The van der Waals surface area contributed by atoms with Gasteiger partial charge in [-0.05, 0) is 47.0 Å². The number of hydrogen-bond acceptors (Lipinski definition) is 12. The van der Waals surface area contributed by atoms with E-state index in [-0.39, 0.29) is 76.2 Å². The molecule has 0 N–H and O–H groups in total. The first-order valence-corrected chi connectivity index (χ1v) is 15.9. The second kappa shape index (κ2) is 21.6. The summed E-state index contributed by atoms with van der Waals surface area (Å²) in [7, 11) is 4.42. The molecule has 0 heterocycles. The van der Waals surface area contributed by atoms with Crippen molar-refractivity contribution >= 4 is 17.9 Å². The van der Waals surface area contributed by atoms with Gasteiger partial charge in [-0.25, -0.2) is 14.4 Å². The Morgan fingerprint density at radius 1 is 0.471 bits per heavy atom.